The minimum atomic E-state index is -4.40. The van der Waals surface area contributed by atoms with Gasteiger partial charge in [0.2, 0.25) is 5.91 Å². The largest absolute Gasteiger partial charge is 0.416 e. The molecule has 1 atom stereocenters. The lowest BCUT2D eigenvalue weighted by atomic mass is 10.0. The van der Waals surface area contributed by atoms with Gasteiger partial charge in [0.25, 0.3) is 0 Å². The third kappa shape index (κ3) is 5.32. The normalized spacial score (nSPS) is 16.3. The molecule has 1 N–H and O–H groups in total. The maximum atomic E-state index is 12.8. The van der Waals surface area contributed by atoms with Crippen molar-refractivity contribution in [2.24, 2.45) is 0 Å². The van der Waals surface area contributed by atoms with Crippen molar-refractivity contribution in [3.8, 4) is 0 Å². The second kappa shape index (κ2) is 8.57. The molecule has 3 rings (SSSR count). The molecule has 6 heteroatoms. The molecular formula is C21H23F3N2O. The molecule has 1 aliphatic heterocycles. The second-order valence-electron chi connectivity index (χ2n) is 6.85. The van der Waals surface area contributed by atoms with E-state index in [0.717, 1.165) is 43.6 Å². The lowest BCUT2D eigenvalue weighted by Gasteiger charge is -2.28. The Balaban J connectivity index is 1.63. The Morgan fingerprint density at radius 2 is 1.74 bits per heavy atom. The van der Waals surface area contributed by atoms with Crippen LogP contribution in [-0.2, 0) is 17.4 Å². The van der Waals surface area contributed by atoms with Gasteiger partial charge in [-0.2, -0.15) is 13.2 Å². The average Bonchev–Trinajstić information content (AvgIpc) is 3.17. The van der Waals surface area contributed by atoms with Crippen LogP contribution in [-0.4, -0.2) is 30.4 Å². The molecule has 1 aliphatic rings. The molecule has 2 aromatic rings. The Bertz CT molecular complexity index is 756. The van der Waals surface area contributed by atoms with E-state index in [9.17, 15) is 18.0 Å². The number of carbonyl (C=O) groups is 1. The van der Waals surface area contributed by atoms with Crippen LogP contribution in [0.15, 0.2) is 54.6 Å². The number of nitrogens with one attached hydrogen (secondary N) is 1. The van der Waals surface area contributed by atoms with Crippen LogP contribution < -0.4 is 5.32 Å². The van der Waals surface area contributed by atoms with Crippen LogP contribution in [0.5, 0.6) is 0 Å². The minimum absolute atomic E-state index is 0.0641. The summed E-state index contributed by atoms with van der Waals surface area (Å²) in [4.78, 5) is 14.7. The van der Waals surface area contributed by atoms with Gasteiger partial charge >= 0.3 is 6.18 Å². The van der Waals surface area contributed by atoms with Crippen molar-refractivity contribution in [3.63, 3.8) is 0 Å². The molecule has 0 aliphatic carbocycles. The van der Waals surface area contributed by atoms with E-state index in [0.29, 0.717) is 12.1 Å². The van der Waals surface area contributed by atoms with Gasteiger partial charge in [0.05, 0.1) is 18.0 Å². The minimum Gasteiger partial charge on any atom is -0.354 e. The van der Waals surface area contributed by atoms with Gasteiger partial charge in [-0.1, -0.05) is 48.5 Å². The third-order valence-corrected chi connectivity index (χ3v) is 4.88. The molecule has 0 bridgehead atoms. The van der Waals surface area contributed by atoms with Gasteiger partial charge in [0, 0.05) is 6.54 Å². The van der Waals surface area contributed by atoms with Gasteiger partial charge in [-0.15, -0.1) is 0 Å². The fourth-order valence-electron chi connectivity index (χ4n) is 3.50. The molecule has 1 amide bonds. The number of amides is 1. The summed E-state index contributed by atoms with van der Waals surface area (Å²) in [5, 5.41) is 2.90. The SMILES string of the molecule is O=C(Cc1cccc(C(F)(F)F)c1)NC[C@H](c1ccccc1)N1CCCC1. The van der Waals surface area contributed by atoms with Gasteiger partial charge in [-0.3, -0.25) is 9.69 Å². The number of halogens is 3. The van der Waals surface area contributed by atoms with Gasteiger partial charge in [-0.25, -0.2) is 0 Å². The zero-order chi connectivity index (χ0) is 19.3. The number of hydrogen-bond acceptors (Lipinski definition) is 2. The summed E-state index contributed by atoms with van der Waals surface area (Å²) in [6.45, 7) is 2.42. The summed E-state index contributed by atoms with van der Waals surface area (Å²) in [7, 11) is 0. The first-order chi connectivity index (χ1) is 12.9. The van der Waals surface area contributed by atoms with Crippen molar-refractivity contribution in [2.45, 2.75) is 31.5 Å². The van der Waals surface area contributed by atoms with E-state index in [-0.39, 0.29) is 18.4 Å². The molecular weight excluding hydrogens is 353 g/mol. The maximum Gasteiger partial charge on any atom is 0.416 e. The highest BCUT2D eigenvalue weighted by atomic mass is 19.4. The topological polar surface area (TPSA) is 32.3 Å². The molecule has 2 aromatic carbocycles. The number of rotatable bonds is 6. The number of nitrogens with zero attached hydrogens (tertiary/aromatic N) is 1. The quantitative estimate of drug-likeness (QED) is 0.820. The summed E-state index contributed by atoms with van der Waals surface area (Å²) in [5.41, 5.74) is 0.769. The Morgan fingerprint density at radius 3 is 2.41 bits per heavy atom. The number of likely N-dealkylation sites (tertiary alicyclic amines) is 1. The molecule has 0 aromatic heterocycles. The fraction of sp³-hybridized carbons (Fsp3) is 0.381. The second-order valence-corrected chi connectivity index (χ2v) is 6.85. The Morgan fingerprint density at radius 1 is 1.04 bits per heavy atom. The van der Waals surface area contributed by atoms with Crippen molar-refractivity contribution in [3.05, 3.63) is 71.3 Å². The zero-order valence-electron chi connectivity index (χ0n) is 15.0. The van der Waals surface area contributed by atoms with Crippen LogP contribution in [0.3, 0.4) is 0 Å². The zero-order valence-corrected chi connectivity index (χ0v) is 15.0. The third-order valence-electron chi connectivity index (χ3n) is 4.88. The van der Waals surface area contributed by atoms with Crippen LogP contribution in [0.25, 0.3) is 0 Å². The van der Waals surface area contributed by atoms with E-state index in [1.165, 1.54) is 6.07 Å². The first kappa shape index (κ1) is 19.4. The summed E-state index contributed by atoms with van der Waals surface area (Å²) in [6.07, 6.45) is -2.19. The van der Waals surface area contributed by atoms with Crippen molar-refractivity contribution in [1.29, 1.82) is 0 Å². The van der Waals surface area contributed by atoms with E-state index >= 15 is 0 Å². The van der Waals surface area contributed by atoms with E-state index in [1.54, 1.807) is 6.07 Å². The Kier molecular flexibility index (Phi) is 6.16. The van der Waals surface area contributed by atoms with E-state index in [2.05, 4.69) is 10.2 Å². The lowest BCUT2D eigenvalue weighted by molar-refractivity contribution is -0.137. The predicted molar refractivity (Wildman–Crippen MR) is 98.1 cm³/mol. The molecule has 0 radical (unpaired) electrons. The van der Waals surface area contributed by atoms with Gasteiger partial charge in [0.15, 0.2) is 0 Å². The molecule has 144 valence electrons. The summed E-state index contributed by atoms with van der Waals surface area (Å²) in [5.74, 6) is -0.269. The van der Waals surface area contributed by atoms with Crippen molar-refractivity contribution in [2.75, 3.05) is 19.6 Å². The summed E-state index contributed by atoms with van der Waals surface area (Å²) < 4.78 is 38.4. The van der Waals surface area contributed by atoms with Gasteiger partial charge in [0.1, 0.15) is 0 Å². The highest BCUT2D eigenvalue weighted by Crippen LogP contribution is 2.29. The van der Waals surface area contributed by atoms with E-state index in [4.69, 9.17) is 0 Å². The highest BCUT2D eigenvalue weighted by Gasteiger charge is 2.30. The van der Waals surface area contributed by atoms with E-state index < -0.39 is 11.7 Å². The predicted octanol–water partition coefficient (Wildman–Crippen LogP) is 4.20. The molecule has 0 unspecified atom stereocenters. The fourth-order valence-corrected chi connectivity index (χ4v) is 3.50. The van der Waals surface area contributed by atoms with Crippen molar-refractivity contribution >= 4 is 5.91 Å². The van der Waals surface area contributed by atoms with Crippen LogP contribution in [0.1, 0.15) is 35.6 Å². The van der Waals surface area contributed by atoms with Crippen molar-refractivity contribution < 1.29 is 18.0 Å². The number of carbonyl (C=O) groups excluding carboxylic acids is 1. The van der Waals surface area contributed by atoms with Crippen LogP contribution in [0.4, 0.5) is 13.2 Å². The van der Waals surface area contributed by atoms with Crippen LogP contribution >= 0.6 is 0 Å². The van der Waals surface area contributed by atoms with Crippen LogP contribution in [0.2, 0.25) is 0 Å². The Labute approximate surface area is 157 Å². The summed E-state index contributed by atoms with van der Waals surface area (Å²) in [6, 6.07) is 15.0. The molecule has 27 heavy (non-hydrogen) atoms. The molecule has 1 heterocycles. The monoisotopic (exact) mass is 376 g/mol. The van der Waals surface area contributed by atoms with Crippen molar-refractivity contribution in [1.82, 2.24) is 10.2 Å². The maximum absolute atomic E-state index is 12.8. The Hall–Kier alpha value is -2.34. The van der Waals surface area contributed by atoms with Crippen LogP contribution in [0, 0.1) is 0 Å². The highest BCUT2D eigenvalue weighted by molar-refractivity contribution is 5.78. The first-order valence-electron chi connectivity index (χ1n) is 9.15. The average molecular weight is 376 g/mol. The number of alkyl halides is 3. The van der Waals surface area contributed by atoms with E-state index in [1.807, 2.05) is 30.3 Å². The van der Waals surface area contributed by atoms with Gasteiger partial charge < -0.3 is 5.32 Å². The standard InChI is InChI=1S/C21H23F3N2O/c22-21(23,24)18-10-6-7-16(13-18)14-20(27)25-15-19(26-11-4-5-12-26)17-8-2-1-3-9-17/h1-3,6-10,13,19H,4-5,11-12,14-15H2,(H,25,27)/t19-/m1/s1. The molecule has 1 saturated heterocycles. The molecule has 3 nitrogen and oxygen atoms in total. The lowest BCUT2D eigenvalue weighted by Crippen LogP contribution is -2.37. The smallest absolute Gasteiger partial charge is 0.354 e. The number of benzene rings is 2. The van der Waals surface area contributed by atoms with Gasteiger partial charge in [-0.05, 0) is 43.1 Å². The molecule has 0 spiro atoms. The first-order valence-corrected chi connectivity index (χ1v) is 9.15. The molecule has 1 fully saturated rings. The summed E-state index contributed by atoms with van der Waals surface area (Å²) >= 11 is 0. The molecule has 0 saturated carbocycles. The number of hydrogen-bond donors (Lipinski definition) is 1.